The third-order valence-corrected chi connectivity index (χ3v) is 2.67. The van der Waals surface area contributed by atoms with Gasteiger partial charge in [-0.2, -0.15) is 5.10 Å². The van der Waals surface area contributed by atoms with E-state index in [0.29, 0.717) is 12.6 Å². The van der Waals surface area contributed by atoms with Crippen LogP contribution in [-0.4, -0.2) is 28.9 Å². The molecule has 1 fully saturated rings. The summed E-state index contributed by atoms with van der Waals surface area (Å²) >= 11 is 0. The molecule has 1 saturated heterocycles. The number of anilines is 1. The van der Waals surface area contributed by atoms with E-state index in [4.69, 9.17) is 4.74 Å². The van der Waals surface area contributed by atoms with Gasteiger partial charge in [0.15, 0.2) is 0 Å². The molecule has 0 saturated carbocycles. The monoisotopic (exact) mass is 223 g/mol. The molecule has 1 aliphatic rings. The second-order valence-corrected chi connectivity index (χ2v) is 4.37. The van der Waals surface area contributed by atoms with Crippen LogP contribution < -0.4 is 5.32 Å². The summed E-state index contributed by atoms with van der Waals surface area (Å²) in [5.74, 6) is 0.000357. The van der Waals surface area contributed by atoms with Crippen molar-refractivity contribution in [2.45, 2.75) is 26.3 Å². The summed E-state index contributed by atoms with van der Waals surface area (Å²) in [6.07, 6.45) is 4.53. The molecule has 1 aromatic rings. The summed E-state index contributed by atoms with van der Waals surface area (Å²) in [4.78, 5) is 11.5. The minimum atomic E-state index is -0.0156. The van der Waals surface area contributed by atoms with Crippen LogP contribution in [0.3, 0.4) is 0 Å². The number of hydrogen-bond donors (Lipinski definition) is 1. The first-order valence-electron chi connectivity index (χ1n) is 5.59. The normalized spacial score (nSPS) is 20.3. The highest BCUT2D eigenvalue weighted by Gasteiger charge is 2.18. The molecule has 2 heterocycles. The predicted molar refractivity (Wildman–Crippen MR) is 60.2 cm³/mol. The molecule has 0 aromatic carbocycles. The Morgan fingerprint density at radius 3 is 3.12 bits per heavy atom. The second kappa shape index (κ2) is 4.65. The van der Waals surface area contributed by atoms with Gasteiger partial charge in [0.25, 0.3) is 0 Å². The maximum absolute atomic E-state index is 11.5. The van der Waals surface area contributed by atoms with Gasteiger partial charge in [-0.3, -0.25) is 9.48 Å². The van der Waals surface area contributed by atoms with E-state index in [1.54, 1.807) is 6.20 Å². The van der Waals surface area contributed by atoms with Crippen LogP contribution in [0.4, 0.5) is 5.69 Å². The Bertz CT molecular complexity index is 367. The van der Waals surface area contributed by atoms with Gasteiger partial charge in [0.05, 0.1) is 24.5 Å². The average molecular weight is 223 g/mol. The Morgan fingerprint density at radius 2 is 2.50 bits per heavy atom. The smallest absolute Gasteiger partial charge is 0.227 e. The number of carbonyl (C=O) groups excluding carboxylic acids is 1. The van der Waals surface area contributed by atoms with Crippen LogP contribution in [0.5, 0.6) is 0 Å². The van der Waals surface area contributed by atoms with Crippen molar-refractivity contribution in [2.75, 3.05) is 18.5 Å². The number of carbonyl (C=O) groups is 1. The van der Waals surface area contributed by atoms with Crippen molar-refractivity contribution in [3.8, 4) is 0 Å². The molecule has 0 aliphatic carbocycles. The van der Waals surface area contributed by atoms with E-state index < -0.39 is 0 Å². The molecule has 0 unspecified atom stereocenters. The standard InChI is InChI=1S/C11H17N3O2/c1-8(2)11(15)13-9-5-12-14(6-9)10-3-4-16-7-10/h5-6,8,10H,3-4,7H2,1-2H3,(H,13,15)/t10-/m0/s1. The van der Waals surface area contributed by atoms with Gasteiger partial charge in [0, 0.05) is 18.7 Å². The van der Waals surface area contributed by atoms with Gasteiger partial charge in [-0.15, -0.1) is 0 Å². The van der Waals surface area contributed by atoms with Crippen LogP contribution in [0.25, 0.3) is 0 Å². The van der Waals surface area contributed by atoms with Crippen molar-refractivity contribution in [1.82, 2.24) is 9.78 Å². The van der Waals surface area contributed by atoms with Gasteiger partial charge in [-0.25, -0.2) is 0 Å². The number of nitrogens with zero attached hydrogens (tertiary/aromatic N) is 2. The first-order valence-corrected chi connectivity index (χ1v) is 5.59. The summed E-state index contributed by atoms with van der Waals surface area (Å²) in [5.41, 5.74) is 0.755. The van der Waals surface area contributed by atoms with Gasteiger partial charge in [0.1, 0.15) is 0 Å². The number of nitrogens with one attached hydrogen (secondary N) is 1. The van der Waals surface area contributed by atoms with Crippen molar-refractivity contribution in [1.29, 1.82) is 0 Å². The van der Waals surface area contributed by atoms with E-state index in [1.165, 1.54) is 0 Å². The molecule has 0 radical (unpaired) electrons. The van der Waals surface area contributed by atoms with Crippen molar-refractivity contribution in [2.24, 2.45) is 5.92 Å². The average Bonchev–Trinajstić information content (AvgIpc) is 2.85. The molecule has 5 nitrogen and oxygen atoms in total. The largest absolute Gasteiger partial charge is 0.379 e. The van der Waals surface area contributed by atoms with Gasteiger partial charge in [-0.05, 0) is 6.42 Å². The third-order valence-electron chi connectivity index (χ3n) is 2.67. The molecule has 1 amide bonds. The van der Waals surface area contributed by atoms with E-state index in [1.807, 2.05) is 24.7 Å². The van der Waals surface area contributed by atoms with E-state index in [2.05, 4.69) is 10.4 Å². The first kappa shape index (κ1) is 11.1. The lowest BCUT2D eigenvalue weighted by molar-refractivity contribution is -0.118. The van der Waals surface area contributed by atoms with Crippen LogP contribution in [0, 0.1) is 5.92 Å². The molecule has 5 heteroatoms. The van der Waals surface area contributed by atoms with Gasteiger partial charge < -0.3 is 10.1 Å². The molecule has 1 atom stereocenters. The number of hydrogen-bond acceptors (Lipinski definition) is 3. The van der Waals surface area contributed by atoms with E-state index in [-0.39, 0.29) is 11.8 Å². The fourth-order valence-corrected chi connectivity index (χ4v) is 1.62. The van der Waals surface area contributed by atoms with Crippen LogP contribution in [0.1, 0.15) is 26.3 Å². The molecule has 0 spiro atoms. The highest BCUT2D eigenvalue weighted by atomic mass is 16.5. The zero-order valence-electron chi connectivity index (χ0n) is 9.64. The Balaban J connectivity index is 1.99. The number of rotatable bonds is 3. The molecular weight excluding hydrogens is 206 g/mol. The molecule has 1 aliphatic heterocycles. The van der Waals surface area contributed by atoms with Crippen LogP contribution in [0.2, 0.25) is 0 Å². The topological polar surface area (TPSA) is 56.2 Å². The first-order chi connectivity index (χ1) is 7.66. The van der Waals surface area contributed by atoms with Crippen molar-refractivity contribution in [3.05, 3.63) is 12.4 Å². The summed E-state index contributed by atoms with van der Waals surface area (Å²) in [6, 6.07) is 0.310. The lowest BCUT2D eigenvalue weighted by Crippen LogP contribution is -2.17. The maximum atomic E-state index is 11.5. The summed E-state index contributed by atoms with van der Waals surface area (Å²) in [7, 11) is 0. The van der Waals surface area contributed by atoms with Crippen LogP contribution in [0.15, 0.2) is 12.4 Å². The minimum absolute atomic E-state index is 0.0156. The molecular formula is C11H17N3O2. The van der Waals surface area contributed by atoms with E-state index in [9.17, 15) is 4.79 Å². The summed E-state index contributed by atoms with van der Waals surface area (Å²) < 4.78 is 7.16. The Morgan fingerprint density at radius 1 is 1.69 bits per heavy atom. The predicted octanol–water partition coefficient (Wildman–Crippen LogP) is 1.44. The lowest BCUT2D eigenvalue weighted by Gasteiger charge is -2.07. The zero-order chi connectivity index (χ0) is 11.5. The molecule has 2 rings (SSSR count). The number of ether oxygens (including phenoxy) is 1. The van der Waals surface area contributed by atoms with Gasteiger partial charge in [0.2, 0.25) is 5.91 Å². The van der Waals surface area contributed by atoms with E-state index in [0.717, 1.165) is 18.7 Å². The molecule has 1 N–H and O–H groups in total. The minimum Gasteiger partial charge on any atom is -0.379 e. The second-order valence-electron chi connectivity index (χ2n) is 4.37. The highest BCUT2D eigenvalue weighted by Crippen LogP contribution is 2.19. The summed E-state index contributed by atoms with van der Waals surface area (Å²) in [5, 5.41) is 7.05. The van der Waals surface area contributed by atoms with E-state index >= 15 is 0 Å². The Labute approximate surface area is 94.8 Å². The third kappa shape index (κ3) is 2.41. The van der Waals surface area contributed by atoms with Crippen LogP contribution >= 0.6 is 0 Å². The molecule has 16 heavy (non-hydrogen) atoms. The Kier molecular flexibility index (Phi) is 3.24. The molecule has 0 bridgehead atoms. The fraction of sp³-hybridized carbons (Fsp3) is 0.636. The summed E-state index contributed by atoms with van der Waals surface area (Å²) in [6.45, 7) is 5.23. The SMILES string of the molecule is CC(C)C(=O)Nc1cnn([C@H]2CCOC2)c1. The zero-order valence-corrected chi connectivity index (χ0v) is 9.64. The number of aromatic nitrogens is 2. The maximum Gasteiger partial charge on any atom is 0.227 e. The highest BCUT2D eigenvalue weighted by molar-refractivity contribution is 5.91. The van der Waals surface area contributed by atoms with Crippen molar-refractivity contribution < 1.29 is 9.53 Å². The molecule has 88 valence electrons. The van der Waals surface area contributed by atoms with Crippen molar-refractivity contribution >= 4 is 11.6 Å². The fourth-order valence-electron chi connectivity index (χ4n) is 1.62. The molecule has 1 aromatic heterocycles. The quantitative estimate of drug-likeness (QED) is 0.843. The van der Waals surface area contributed by atoms with Gasteiger partial charge >= 0.3 is 0 Å². The number of amides is 1. The Hall–Kier alpha value is -1.36. The van der Waals surface area contributed by atoms with Crippen molar-refractivity contribution in [3.63, 3.8) is 0 Å². The lowest BCUT2D eigenvalue weighted by atomic mass is 10.2. The van der Waals surface area contributed by atoms with Crippen LogP contribution in [-0.2, 0) is 9.53 Å². The van der Waals surface area contributed by atoms with Gasteiger partial charge in [-0.1, -0.05) is 13.8 Å².